The second-order valence-electron chi connectivity index (χ2n) is 6.59. The zero-order valence-electron chi connectivity index (χ0n) is 15.0. The summed E-state index contributed by atoms with van der Waals surface area (Å²) < 4.78 is 16.7. The fourth-order valence-corrected chi connectivity index (χ4v) is 3.87. The van der Waals surface area contributed by atoms with E-state index >= 15 is 0 Å². The number of halogens is 3. The van der Waals surface area contributed by atoms with Crippen LogP contribution in [0, 0.1) is 5.82 Å². The zero-order chi connectivity index (χ0) is 19.0. The fourth-order valence-electron chi connectivity index (χ4n) is 3.69. The number of nitrogens with two attached hydrogens (primary N) is 1. The van der Waals surface area contributed by atoms with Crippen LogP contribution in [0.3, 0.4) is 0 Å². The summed E-state index contributed by atoms with van der Waals surface area (Å²) in [6.07, 6.45) is 0.708. The second kappa shape index (κ2) is 8.35. The number of nitrogens with one attached hydrogen (secondary N) is 1. The lowest BCUT2D eigenvalue weighted by Gasteiger charge is -2.28. The minimum Gasteiger partial charge on any atom is -0.349 e. The van der Waals surface area contributed by atoms with Crippen LogP contribution in [0.2, 0.25) is 5.02 Å². The number of benzene rings is 2. The molecule has 4 nitrogen and oxygen atoms in total. The lowest BCUT2D eigenvalue weighted by atomic mass is 10.0. The van der Waals surface area contributed by atoms with E-state index in [-0.39, 0.29) is 30.2 Å². The Kier molecular flexibility index (Phi) is 6.08. The molecule has 0 bridgehead atoms. The predicted molar refractivity (Wildman–Crippen MR) is 113 cm³/mol. The number of nitrogens with zero attached hydrogens (tertiary/aromatic N) is 1. The van der Waals surface area contributed by atoms with Crippen LogP contribution in [0.25, 0.3) is 22.4 Å². The van der Waals surface area contributed by atoms with Crippen LogP contribution in [0.15, 0.2) is 54.6 Å². The third kappa shape index (κ3) is 3.53. The molecular weight excluding hydrogens is 400 g/mol. The quantitative estimate of drug-likeness (QED) is 0.645. The summed E-state index contributed by atoms with van der Waals surface area (Å²) >= 11 is 6.13. The molecule has 1 unspecified atom stereocenters. The number of amides is 1. The van der Waals surface area contributed by atoms with Gasteiger partial charge in [-0.05, 0) is 42.8 Å². The van der Waals surface area contributed by atoms with Crippen molar-refractivity contribution < 1.29 is 9.18 Å². The van der Waals surface area contributed by atoms with Gasteiger partial charge in [-0.15, -0.1) is 12.4 Å². The molecular formula is C21H20Cl2FN3O. The molecule has 1 aromatic heterocycles. The first kappa shape index (κ1) is 20.4. The normalized spacial score (nSPS) is 15.5. The first-order valence-electron chi connectivity index (χ1n) is 8.84. The van der Waals surface area contributed by atoms with E-state index in [9.17, 15) is 9.18 Å². The molecule has 1 aliphatic heterocycles. The molecule has 28 heavy (non-hydrogen) atoms. The first-order chi connectivity index (χ1) is 13.1. The van der Waals surface area contributed by atoms with Crippen LogP contribution < -0.4 is 11.1 Å². The van der Waals surface area contributed by atoms with Crippen molar-refractivity contribution in [2.45, 2.75) is 12.5 Å². The Bertz CT molecular complexity index is 1000. The third-order valence-corrected chi connectivity index (χ3v) is 5.13. The molecule has 7 heteroatoms. The van der Waals surface area contributed by atoms with Gasteiger partial charge in [0.15, 0.2) is 0 Å². The van der Waals surface area contributed by atoms with E-state index in [0.717, 1.165) is 11.3 Å². The molecule has 2 heterocycles. The number of hydrogen-bond acceptors (Lipinski definition) is 2. The summed E-state index contributed by atoms with van der Waals surface area (Å²) in [6.45, 7) is 0.988. The summed E-state index contributed by atoms with van der Waals surface area (Å²) in [6, 6.07) is 15.9. The number of hydrogen-bond donors (Lipinski definition) is 2. The number of fused-ring (bicyclic) bond motifs is 1. The molecule has 3 N–H and O–H groups in total. The van der Waals surface area contributed by atoms with E-state index < -0.39 is 0 Å². The van der Waals surface area contributed by atoms with Gasteiger partial charge in [0.1, 0.15) is 11.5 Å². The monoisotopic (exact) mass is 419 g/mol. The second-order valence-corrected chi connectivity index (χ2v) is 7.03. The van der Waals surface area contributed by atoms with Gasteiger partial charge in [0.2, 0.25) is 0 Å². The van der Waals surface area contributed by atoms with Gasteiger partial charge >= 0.3 is 0 Å². The minimum absolute atomic E-state index is 0. The third-order valence-electron chi connectivity index (χ3n) is 4.90. The molecule has 0 radical (unpaired) electrons. The van der Waals surface area contributed by atoms with Gasteiger partial charge in [0.25, 0.3) is 5.91 Å². The fraction of sp³-hybridized carbons (Fsp3) is 0.190. The van der Waals surface area contributed by atoms with Crippen LogP contribution in [0.5, 0.6) is 0 Å². The maximum Gasteiger partial charge on any atom is 0.268 e. The number of carbonyl (C=O) groups is 1. The van der Waals surface area contributed by atoms with Crippen molar-refractivity contribution in [3.8, 4) is 22.4 Å². The Morgan fingerprint density at radius 3 is 2.61 bits per heavy atom. The standard InChI is InChI=1S/C21H19ClFN3O.ClH/c22-14-6-7-18(23)16(10-14)17-11-19-21(27)25-12-15(8-9-24)26(19)20(17)13-4-2-1-3-5-13;/h1-7,10-11,15H,8-9,12,24H2,(H,25,27);1H. The molecule has 1 atom stereocenters. The Labute approximate surface area is 173 Å². The van der Waals surface area contributed by atoms with Crippen LogP contribution in [0.4, 0.5) is 4.39 Å². The van der Waals surface area contributed by atoms with Crippen LogP contribution in [-0.2, 0) is 0 Å². The average molecular weight is 420 g/mol. The smallest absolute Gasteiger partial charge is 0.268 e. The van der Waals surface area contributed by atoms with Gasteiger partial charge in [0.05, 0.1) is 11.7 Å². The molecule has 3 aromatic rings. The van der Waals surface area contributed by atoms with Crippen molar-refractivity contribution in [2.75, 3.05) is 13.1 Å². The van der Waals surface area contributed by atoms with E-state index in [1.807, 2.05) is 34.9 Å². The molecule has 0 saturated carbocycles. The van der Waals surface area contributed by atoms with E-state index in [1.54, 1.807) is 12.1 Å². The summed E-state index contributed by atoms with van der Waals surface area (Å²) in [5.74, 6) is -0.551. The van der Waals surface area contributed by atoms with Gasteiger partial charge < -0.3 is 15.6 Å². The van der Waals surface area contributed by atoms with E-state index in [4.69, 9.17) is 17.3 Å². The molecule has 146 valence electrons. The van der Waals surface area contributed by atoms with Crippen molar-refractivity contribution >= 4 is 29.9 Å². The average Bonchev–Trinajstić information content (AvgIpc) is 3.08. The van der Waals surface area contributed by atoms with Crippen LogP contribution >= 0.6 is 24.0 Å². The Balaban J connectivity index is 0.00000225. The van der Waals surface area contributed by atoms with Gasteiger partial charge in [-0.25, -0.2) is 4.39 Å². The Morgan fingerprint density at radius 1 is 1.14 bits per heavy atom. The number of carbonyl (C=O) groups excluding carboxylic acids is 1. The molecule has 1 aliphatic rings. The van der Waals surface area contributed by atoms with Gasteiger partial charge in [0, 0.05) is 22.7 Å². The number of aromatic nitrogens is 1. The summed E-state index contributed by atoms with van der Waals surface area (Å²) in [4.78, 5) is 12.5. The molecule has 0 fully saturated rings. The largest absolute Gasteiger partial charge is 0.349 e. The van der Waals surface area contributed by atoms with E-state index in [1.165, 1.54) is 12.1 Å². The van der Waals surface area contributed by atoms with Crippen molar-refractivity contribution in [2.24, 2.45) is 5.73 Å². The molecule has 0 spiro atoms. The van der Waals surface area contributed by atoms with Gasteiger partial charge in [-0.2, -0.15) is 0 Å². The van der Waals surface area contributed by atoms with Crippen molar-refractivity contribution in [3.63, 3.8) is 0 Å². The Morgan fingerprint density at radius 2 is 1.89 bits per heavy atom. The maximum atomic E-state index is 14.7. The van der Waals surface area contributed by atoms with Crippen LogP contribution in [-0.4, -0.2) is 23.6 Å². The highest BCUT2D eigenvalue weighted by Crippen LogP contribution is 2.40. The molecule has 0 saturated heterocycles. The van der Waals surface area contributed by atoms with Crippen molar-refractivity contribution in [3.05, 3.63) is 71.1 Å². The first-order valence-corrected chi connectivity index (χ1v) is 9.22. The summed E-state index contributed by atoms with van der Waals surface area (Å²) in [5.41, 5.74) is 9.05. The van der Waals surface area contributed by atoms with Gasteiger partial charge in [-0.3, -0.25) is 4.79 Å². The molecule has 0 aliphatic carbocycles. The van der Waals surface area contributed by atoms with Crippen molar-refractivity contribution in [1.29, 1.82) is 0 Å². The highest BCUT2D eigenvalue weighted by atomic mass is 35.5. The maximum absolute atomic E-state index is 14.7. The predicted octanol–water partition coefficient (Wildman–Crippen LogP) is 4.67. The highest BCUT2D eigenvalue weighted by Gasteiger charge is 2.31. The zero-order valence-corrected chi connectivity index (χ0v) is 16.6. The highest BCUT2D eigenvalue weighted by molar-refractivity contribution is 6.30. The Hall–Kier alpha value is -2.34. The topological polar surface area (TPSA) is 60.0 Å². The minimum atomic E-state index is -0.379. The molecule has 1 amide bonds. The van der Waals surface area contributed by atoms with Gasteiger partial charge in [-0.1, -0.05) is 41.9 Å². The van der Waals surface area contributed by atoms with E-state index in [2.05, 4.69) is 5.32 Å². The number of rotatable bonds is 4. The van der Waals surface area contributed by atoms with E-state index in [0.29, 0.717) is 41.4 Å². The molecule has 2 aromatic carbocycles. The lowest BCUT2D eigenvalue weighted by molar-refractivity contribution is 0.0914. The lowest BCUT2D eigenvalue weighted by Crippen LogP contribution is -2.39. The van der Waals surface area contributed by atoms with Crippen molar-refractivity contribution in [1.82, 2.24) is 9.88 Å². The SMILES string of the molecule is Cl.NCCC1CNC(=O)c2cc(-c3cc(Cl)ccc3F)c(-c3ccccc3)n21. The van der Waals surface area contributed by atoms with Crippen LogP contribution in [0.1, 0.15) is 23.0 Å². The molecule has 4 rings (SSSR count). The summed E-state index contributed by atoms with van der Waals surface area (Å²) in [5, 5.41) is 3.35. The summed E-state index contributed by atoms with van der Waals surface area (Å²) in [7, 11) is 0.